The first kappa shape index (κ1) is 24.0. The summed E-state index contributed by atoms with van der Waals surface area (Å²) in [6, 6.07) is 6.71. The number of hydrogen-bond acceptors (Lipinski definition) is 4. The zero-order chi connectivity index (χ0) is 18.9. The maximum absolute atomic E-state index is 5.48. The van der Waals surface area contributed by atoms with E-state index in [2.05, 4.69) is 53.4 Å². The minimum atomic E-state index is 0. The van der Waals surface area contributed by atoms with E-state index >= 15 is 0 Å². The number of nitrogens with one attached hydrogen (secondary N) is 2. The van der Waals surface area contributed by atoms with Crippen molar-refractivity contribution in [3.8, 4) is 5.75 Å². The Hall–Kier alpha value is -1.06. The number of ether oxygens (including phenoxy) is 2. The molecule has 2 rings (SSSR count). The third-order valence-corrected chi connectivity index (χ3v) is 4.91. The molecule has 1 heterocycles. The molecule has 0 saturated carbocycles. The van der Waals surface area contributed by atoms with E-state index in [4.69, 9.17) is 9.47 Å². The van der Waals surface area contributed by atoms with Gasteiger partial charge in [-0.2, -0.15) is 0 Å². The molecule has 0 radical (unpaired) electrons. The first-order chi connectivity index (χ1) is 12.5. The molecule has 0 aliphatic carbocycles. The van der Waals surface area contributed by atoms with Crippen LogP contribution in [0, 0.1) is 12.8 Å². The molecule has 0 aromatic heterocycles. The molecule has 27 heavy (non-hydrogen) atoms. The van der Waals surface area contributed by atoms with Crippen molar-refractivity contribution in [3.05, 3.63) is 29.3 Å². The Balaban J connectivity index is 0.00000364. The third kappa shape index (κ3) is 7.46. The van der Waals surface area contributed by atoms with Crippen molar-refractivity contribution in [2.75, 3.05) is 47.0 Å². The maximum atomic E-state index is 5.48. The van der Waals surface area contributed by atoms with Crippen LogP contribution in [0.2, 0.25) is 0 Å². The van der Waals surface area contributed by atoms with Crippen LogP contribution in [-0.2, 0) is 11.3 Å². The van der Waals surface area contributed by atoms with Gasteiger partial charge in [-0.1, -0.05) is 26.0 Å². The SMILES string of the molecule is CN=C(NCc1ccc(OC)c(C)c1)NCC(C(C)C)N1CCOCC1.I. The van der Waals surface area contributed by atoms with Crippen molar-refractivity contribution in [2.24, 2.45) is 10.9 Å². The number of morpholine rings is 1. The summed E-state index contributed by atoms with van der Waals surface area (Å²) < 4.78 is 10.8. The summed E-state index contributed by atoms with van der Waals surface area (Å²) >= 11 is 0. The Morgan fingerprint density at radius 1 is 1.26 bits per heavy atom. The molecule has 0 bridgehead atoms. The van der Waals surface area contributed by atoms with Crippen LogP contribution >= 0.6 is 24.0 Å². The van der Waals surface area contributed by atoms with E-state index in [9.17, 15) is 0 Å². The van der Waals surface area contributed by atoms with Gasteiger partial charge in [0.05, 0.1) is 20.3 Å². The number of benzene rings is 1. The molecule has 2 N–H and O–H groups in total. The smallest absolute Gasteiger partial charge is 0.191 e. The van der Waals surface area contributed by atoms with Gasteiger partial charge in [0, 0.05) is 39.3 Å². The summed E-state index contributed by atoms with van der Waals surface area (Å²) in [6.07, 6.45) is 0. The average molecular weight is 490 g/mol. The van der Waals surface area contributed by atoms with Crippen molar-refractivity contribution < 1.29 is 9.47 Å². The van der Waals surface area contributed by atoms with Gasteiger partial charge in [-0.15, -0.1) is 24.0 Å². The summed E-state index contributed by atoms with van der Waals surface area (Å²) in [6.45, 7) is 11.9. The number of hydrogen-bond donors (Lipinski definition) is 2. The van der Waals surface area contributed by atoms with E-state index in [0.29, 0.717) is 12.0 Å². The molecule has 154 valence electrons. The molecule has 0 spiro atoms. The third-order valence-electron chi connectivity index (χ3n) is 4.91. The monoisotopic (exact) mass is 490 g/mol. The number of aryl methyl sites for hydroxylation is 1. The molecule has 6 nitrogen and oxygen atoms in total. The Kier molecular flexibility index (Phi) is 11.0. The predicted octanol–water partition coefficient (Wildman–Crippen LogP) is 2.64. The van der Waals surface area contributed by atoms with Gasteiger partial charge < -0.3 is 20.1 Å². The second kappa shape index (κ2) is 12.4. The Labute approximate surface area is 181 Å². The largest absolute Gasteiger partial charge is 0.496 e. The van der Waals surface area contributed by atoms with E-state index in [-0.39, 0.29) is 24.0 Å². The highest BCUT2D eigenvalue weighted by atomic mass is 127. The summed E-state index contributed by atoms with van der Waals surface area (Å²) in [7, 11) is 3.51. The van der Waals surface area contributed by atoms with Gasteiger partial charge in [0.2, 0.25) is 0 Å². The lowest BCUT2D eigenvalue weighted by Gasteiger charge is -2.37. The fraction of sp³-hybridized carbons (Fsp3) is 0.650. The van der Waals surface area contributed by atoms with Crippen molar-refractivity contribution in [1.82, 2.24) is 15.5 Å². The number of halogens is 1. The van der Waals surface area contributed by atoms with Crippen LogP contribution in [0.4, 0.5) is 0 Å². The number of rotatable bonds is 7. The molecule has 1 aromatic carbocycles. The topological polar surface area (TPSA) is 58.1 Å². The molecule has 1 aliphatic rings. The molecule has 1 atom stereocenters. The van der Waals surface area contributed by atoms with Crippen molar-refractivity contribution in [2.45, 2.75) is 33.4 Å². The zero-order valence-corrected chi connectivity index (χ0v) is 19.6. The molecule has 1 saturated heterocycles. The minimum absolute atomic E-state index is 0. The number of nitrogens with zero attached hydrogens (tertiary/aromatic N) is 2. The Bertz CT molecular complexity index is 589. The van der Waals surface area contributed by atoms with Crippen molar-refractivity contribution in [3.63, 3.8) is 0 Å². The van der Waals surface area contributed by atoms with Crippen LogP contribution < -0.4 is 15.4 Å². The first-order valence-corrected chi connectivity index (χ1v) is 9.45. The lowest BCUT2D eigenvalue weighted by atomic mass is 10.0. The molecule has 1 aromatic rings. The average Bonchev–Trinajstić information content (AvgIpc) is 2.65. The number of aliphatic imine (C=N–C) groups is 1. The molecule has 7 heteroatoms. The quantitative estimate of drug-likeness (QED) is 0.350. The van der Waals surface area contributed by atoms with Crippen LogP contribution in [0.25, 0.3) is 0 Å². The maximum Gasteiger partial charge on any atom is 0.191 e. The second-order valence-electron chi connectivity index (χ2n) is 7.07. The lowest BCUT2D eigenvalue weighted by Crippen LogP contribution is -2.52. The van der Waals surface area contributed by atoms with Gasteiger partial charge in [0.15, 0.2) is 5.96 Å². The zero-order valence-electron chi connectivity index (χ0n) is 17.2. The molecule has 1 unspecified atom stereocenters. The fourth-order valence-corrected chi connectivity index (χ4v) is 3.35. The summed E-state index contributed by atoms with van der Waals surface area (Å²) in [5.74, 6) is 2.32. The first-order valence-electron chi connectivity index (χ1n) is 9.45. The van der Waals surface area contributed by atoms with Crippen LogP contribution in [0.5, 0.6) is 5.75 Å². The molecule has 1 aliphatic heterocycles. The molecule has 0 amide bonds. The van der Waals surface area contributed by atoms with Crippen LogP contribution in [-0.4, -0.2) is 63.9 Å². The van der Waals surface area contributed by atoms with Gasteiger partial charge in [0.1, 0.15) is 5.75 Å². The van der Waals surface area contributed by atoms with Crippen LogP contribution in [0.3, 0.4) is 0 Å². The van der Waals surface area contributed by atoms with E-state index in [1.165, 1.54) is 5.56 Å². The summed E-state index contributed by atoms with van der Waals surface area (Å²) in [4.78, 5) is 6.88. The minimum Gasteiger partial charge on any atom is -0.496 e. The Morgan fingerprint density at radius 3 is 2.52 bits per heavy atom. The van der Waals surface area contributed by atoms with E-state index in [1.54, 1.807) is 7.11 Å². The highest BCUT2D eigenvalue weighted by molar-refractivity contribution is 14.0. The van der Waals surface area contributed by atoms with Crippen LogP contribution in [0.15, 0.2) is 23.2 Å². The normalized spacial score (nSPS) is 16.6. The van der Waals surface area contributed by atoms with E-state index in [0.717, 1.165) is 56.7 Å². The highest BCUT2D eigenvalue weighted by Gasteiger charge is 2.23. The summed E-state index contributed by atoms with van der Waals surface area (Å²) in [5.41, 5.74) is 2.35. The van der Waals surface area contributed by atoms with Gasteiger partial charge in [0.25, 0.3) is 0 Å². The van der Waals surface area contributed by atoms with Crippen LogP contribution in [0.1, 0.15) is 25.0 Å². The fourth-order valence-electron chi connectivity index (χ4n) is 3.35. The Morgan fingerprint density at radius 2 is 1.96 bits per heavy atom. The van der Waals surface area contributed by atoms with Crippen molar-refractivity contribution >= 4 is 29.9 Å². The summed E-state index contributed by atoms with van der Waals surface area (Å²) in [5, 5.41) is 6.89. The van der Waals surface area contributed by atoms with Gasteiger partial charge in [-0.05, 0) is 30.0 Å². The number of methoxy groups -OCH3 is 1. The number of guanidine groups is 1. The molecular formula is C20H35IN4O2. The second-order valence-corrected chi connectivity index (χ2v) is 7.07. The predicted molar refractivity (Wildman–Crippen MR) is 122 cm³/mol. The van der Waals surface area contributed by atoms with E-state index in [1.807, 2.05) is 13.1 Å². The van der Waals surface area contributed by atoms with Gasteiger partial charge in [-0.3, -0.25) is 9.89 Å². The lowest BCUT2D eigenvalue weighted by molar-refractivity contribution is 0.00752. The van der Waals surface area contributed by atoms with Crippen molar-refractivity contribution in [1.29, 1.82) is 0 Å². The molecule has 1 fully saturated rings. The van der Waals surface area contributed by atoms with Gasteiger partial charge in [-0.25, -0.2) is 0 Å². The van der Waals surface area contributed by atoms with E-state index < -0.39 is 0 Å². The van der Waals surface area contributed by atoms with Gasteiger partial charge >= 0.3 is 0 Å². The highest BCUT2D eigenvalue weighted by Crippen LogP contribution is 2.18. The molecular weight excluding hydrogens is 455 g/mol. The standard InChI is InChI=1S/C20H34N4O2.HI/c1-15(2)18(24-8-10-26-11-9-24)14-23-20(21-4)22-13-17-6-7-19(25-5)16(3)12-17;/h6-7,12,15,18H,8-11,13-14H2,1-5H3,(H2,21,22,23);1H.